The zero-order valence-corrected chi connectivity index (χ0v) is 9.29. The molecule has 1 unspecified atom stereocenters. The number of aliphatic hydroxyl groups excluding tert-OH is 1. The minimum atomic E-state index is -0.207. The Kier molecular flexibility index (Phi) is 4.59. The van der Waals surface area contributed by atoms with E-state index in [0.29, 0.717) is 17.1 Å². The summed E-state index contributed by atoms with van der Waals surface area (Å²) in [4.78, 5) is 11.6. The van der Waals surface area contributed by atoms with E-state index in [0.717, 1.165) is 0 Å². The molecule has 15 heavy (non-hydrogen) atoms. The average Bonchev–Trinajstić information content (AvgIpc) is 2.26. The summed E-state index contributed by atoms with van der Waals surface area (Å²) in [7, 11) is 0. The molecule has 0 aliphatic rings. The highest BCUT2D eigenvalue weighted by Gasteiger charge is 2.09. The Hall–Kier alpha value is -1.06. The van der Waals surface area contributed by atoms with Crippen molar-refractivity contribution in [1.29, 1.82) is 0 Å². The Morgan fingerprint density at radius 3 is 2.80 bits per heavy atom. The highest BCUT2D eigenvalue weighted by atomic mass is 35.5. The van der Waals surface area contributed by atoms with E-state index in [4.69, 9.17) is 16.7 Å². The van der Waals surface area contributed by atoms with Gasteiger partial charge in [0.1, 0.15) is 0 Å². The maximum Gasteiger partial charge on any atom is 0.252 e. The zero-order chi connectivity index (χ0) is 11.3. The van der Waals surface area contributed by atoms with Crippen LogP contribution in [0.15, 0.2) is 24.3 Å². The molecule has 0 heterocycles. The fourth-order valence-electron chi connectivity index (χ4n) is 1.07. The number of carbonyl (C=O) groups excluding carboxylic acids is 1. The van der Waals surface area contributed by atoms with E-state index in [1.165, 1.54) is 0 Å². The van der Waals surface area contributed by atoms with Gasteiger partial charge in [0, 0.05) is 13.2 Å². The summed E-state index contributed by atoms with van der Waals surface area (Å²) in [5.41, 5.74) is 0.462. The third-order valence-corrected chi connectivity index (χ3v) is 2.37. The smallest absolute Gasteiger partial charge is 0.252 e. The van der Waals surface area contributed by atoms with Crippen LogP contribution in [0, 0.1) is 5.92 Å². The number of carbonyl (C=O) groups is 1. The molecule has 4 heteroatoms. The topological polar surface area (TPSA) is 49.3 Å². The van der Waals surface area contributed by atoms with Gasteiger partial charge in [0.2, 0.25) is 0 Å². The Morgan fingerprint density at radius 1 is 1.53 bits per heavy atom. The first kappa shape index (κ1) is 12.0. The molecule has 1 amide bonds. The maximum atomic E-state index is 11.6. The third kappa shape index (κ3) is 3.53. The lowest BCUT2D eigenvalue weighted by Gasteiger charge is -2.10. The minimum Gasteiger partial charge on any atom is -0.396 e. The van der Waals surface area contributed by atoms with Crippen molar-refractivity contribution in [1.82, 2.24) is 5.32 Å². The van der Waals surface area contributed by atoms with E-state index in [1.54, 1.807) is 24.3 Å². The molecule has 0 radical (unpaired) electrons. The Bertz CT molecular complexity index is 341. The van der Waals surface area contributed by atoms with Crippen LogP contribution in [0.1, 0.15) is 17.3 Å². The number of aliphatic hydroxyl groups is 1. The van der Waals surface area contributed by atoms with E-state index in [2.05, 4.69) is 5.32 Å². The summed E-state index contributed by atoms with van der Waals surface area (Å²) in [5.74, 6) is -0.155. The standard InChI is InChI=1S/C11H14ClNO2/c1-8(7-14)6-13-11(15)9-4-2-3-5-10(9)12/h2-5,8,14H,6-7H2,1H3,(H,13,15). The first-order valence-electron chi connectivity index (χ1n) is 4.78. The van der Waals surface area contributed by atoms with E-state index >= 15 is 0 Å². The fourth-order valence-corrected chi connectivity index (χ4v) is 1.29. The van der Waals surface area contributed by atoms with Crippen LogP contribution in [0.5, 0.6) is 0 Å². The van der Waals surface area contributed by atoms with E-state index in [1.807, 2.05) is 6.92 Å². The lowest BCUT2D eigenvalue weighted by molar-refractivity contribution is 0.0942. The quantitative estimate of drug-likeness (QED) is 0.823. The second-order valence-corrected chi connectivity index (χ2v) is 3.88. The maximum absolute atomic E-state index is 11.6. The predicted molar refractivity (Wildman–Crippen MR) is 60.0 cm³/mol. The number of nitrogens with one attached hydrogen (secondary N) is 1. The van der Waals surface area contributed by atoms with Gasteiger partial charge in [-0.25, -0.2) is 0 Å². The molecular formula is C11H14ClNO2. The van der Waals surface area contributed by atoms with Gasteiger partial charge in [0.25, 0.3) is 5.91 Å². The van der Waals surface area contributed by atoms with Crippen LogP contribution in [0.3, 0.4) is 0 Å². The molecule has 0 saturated carbocycles. The molecule has 1 atom stereocenters. The summed E-state index contributed by atoms with van der Waals surface area (Å²) in [6.07, 6.45) is 0. The average molecular weight is 228 g/mol. The second kappa shape index (κ2) is 5.73. The Morgan fingerprint density at radius 2 is 2.20 bits per heavy atom. The largest absolute Gasteiger partial charge is 0.396 e. The molecule has 0 aliphatic carbocycles. The molecule has 2 N–H and O–H groups in total. The second-order valence-electron chi connectivity index (χ2n) is 3.48. The number of halogens is 1. The van der Waals surface area contributed by atoms with Crippen molar-refractivity contribution >= 4 is 17.5 Å². The van der Waals surface area contributed by atoms with E-state index < -0.39 is 0 Å². The third-order valence-electron chi connectivity index (χ3n) is 2.04. The van der Waals surface area contributed by atoms with Crippen molar-refractivity contribution in [3.63, 3.8) is 0 Å². The van der Waals surface area contributed by atoms with E-state index in [-0.39, 0.29) is 18.4 Å². The van der Waals surface area contributed by atoms with E-state index in [9.17, 15) is 4.79 Å². The van der Waals surface area contributed by atoms with Crippen LogP contribution in [-0.2, 0) is 0 Å². The molecule has 1 aromatic rings. The molecule has 0 aliphatic heterocycles. The fraction of sp³-hybridized carbons (Fsp3) is 0.364. The number of benzene rings is 1. The zero-order valence-electron chi connectivity index (χ0n) is 8.53. The van der Waals surface area contributed by atoms with Crippen LogP contribution in [-0.4, -0.2) is 24.2 Å². The van der Waals surface area contributed by atoms with Crippen LogP contribution in [0.2, 0.25) is 5.02 Å². The SMILES string of the molecule is CC(CO)CNC(=O)c1ccccc1Cl. The van der Waals surface area contributed by atoms with Gasteiger partial charge >= 0.3 is 0 Å². The first-order chi connectivity index (χ1) is 7.15. The molecule has 1 aromatic carbocycles. The first-order valence-corrected chi connectivity index (χ1v) is 5.16. The highest BCUT2D eigenvalue weighted by Crippen LogP contribution is 2.14. The van der Waals surface area contributed by atoms with Crippen molar-refractivity contribution in [2.24, 2.45) is 5.92 Å². The minimum absolute atomic E-state index is 0.0523. The number of rotatable bonds is 4. The summed E-state index contributed by atoms with van der Waals surface area (Å²) in [6.45, 7) is 2.36. The van der Waals surface area contributed by atoms with Crippen molar-refractivity contribution in [3.8, 4) is 0 Å². The summed E-state index contributed by atoms with van der Waals surface area (Å²) in [5, 5.41) is 11.9. The molecule has 0 aromatic heterocycles. The van der Waals surface area contributed by atoms with Crippen LogP contribution >= 0.6 is 11.6 Å². The molecule has 82 valence electrons. The van der Waals surface area contributed by atoms with Crippen LogP contribution in [0.25, 0.3) is 0 Å². The van der Waals surface area contributed by atoms with Crippen LogP contribution < -0.4 is 5.32 Å². The van der Waals surface area contributed by atoms with Gasteiger partial charge in [-0.3, -0.25) is 4.79 Å². The molecule has 0 spiro atoms. The van der Waals surface area contributed by atoms with Crippen molar-refractivity contribution in [2.45, 2.75) is 6.92 Å². The Balaban J connectivity index is 2.58. The lowest BCUT2D eigenvalue weighted by Crippen LogP contribution is -2.29. The van der Waals surface area contributed by atoms with Gasteiger partial charge in [0.15, 0.2) is 0 Å². The molecular weight excluding hydrogens is 214 g/mol. The molecule has 1 rings (SSSR count). The molecule has 0 bridgehead atoms. The summed E-state index contributed by atoms with van der Waals surface area (Å²) in [6, 6.07) is 6.87. The van der Waals surface area contributed by atoms with Crippen molar-refractivity contribution in [2.75, 3.05) is 13.2 Å². The van der Waals surface area contributed by atoms with Crippen molar-refractivity contribution < 1.29 is 9.90 Å². The molecule has 3 nitrogen and oxygen atoms in total. The normalized spacial score (nSPS) is 12.2. The predicted octanol–water partition coefficient (Wildman–Crippen LogP) is 1.70. The number of amides is 1. The monoisotopic (exact) mass is 227 g/mol. The number of hydrogen-bond donors (Lipinski definition) is 2. The molecule has 0 saturated heterocycles. The van der Waals surface area contributed by atoms with Gasteiger partial charge in [-0.1, -0.05) is 30.7 Å². The molecule has 0 fully saturated rings. The van der Waals surface area contributed by atoms with Crippen LogP contribution in [0.4, 0.5) is 0 Å². The van der Waals surface area contributed by atoms with Gasteiger partial charge in [0.05, 0.1) is 10.6 Å². The number of hydrogen-bond acceptors (Lipinski definition) is 2. The van der Waals surface area contributed by atoms with Crippen molar-refractivity contribution in [3.05, 3.63) is 34.9 Å². The van der Waals surface area contributed by atoms with Gasteiger partial charge in [-0.05, 0) is 18.1 Å². The highest BCUT2D eigenvalue weighted by molar-refractivity contribution is 6.33. The van der Waals surface area contributed by atoms with Gasteiger partial charge in [-0.15, -0.1) is 0 Å². The summed E-state index contributed by atoms with van der Waals surface area (Å²) < 4.78 is 0. The lowest BCUT2D eigenvalue weighted by atomic mass is 10.1. The Labute approximate surface area is 94.1 Å². The van der Waals surface area contributed by atoms with Gasteiger partial charge < -0.3 is 10.4 Å². The van der Waals surface area contributed by atoms with Gasteiger partial charge in [-0.2, -0.15) is 0 Å². The summed E-state index contributed by atoms with van der Waals surface area (Å²) >= 11 is 5.86.